The molecule has 2 unspecified atom stereocenters. The zero-order valence-electron chi connectivity index (χ0n) is 42.5. The number of guanidine groups is 1. The van der Waals surface area contributed by atoms with E-state index in [0.29, 0.717) is 42.5 Å². The Labute approximate surface area is 431 Å². The Bertz CT molecular complexity index is 2510. The van der Waals surface area contributed by atoms with Crippen LogP contribution in [0.5, 0.6) is 0 Å². The number of aromatic amines is 2. The molecule has 1 aliphatic rings. The highest BCUT2D eigenvalue weighted by Gasteiger charge is 2.36. The van der Waals surface area contributed by atoms with Gasteiger partial charge < -0.3 is 57.3 Å². The molecule has 0 radical (unpaired) electrons. The van der Waals surface area contributed by atoms with E-state index in [1.165, 1.54) is 13.3 Å². The van der Waals surface area contributed by atoms with Crippen molar-refractivity contribution in [3.8, 4) is 0 Å². The van der Waals surface area contributed by atoms with Crippen molar-refractivity contribution in [3.05, 3.63) is 90.1 Å². The number of carbonyl (C=O) groups excluding carboxylic acids is 7. The van der Waals surface area contributed by atoms with Crippen molar-refractivity contribution < 1.29 is 48.6 Å². The normalized spacial score (nSPS) is 22.1. The van der Waals surface area contributed by atoms with Gasteiger partial charge in [0.25, 0.3) is 0 Å². The van der Waals surface area contributed by atoms with Gasteiger partial charge in [-0.05, 0) is 75.0 Å². The number of hydrogen-bond acceptors (Lipinski definition) is 11. The van der Waals surface area contributed by atoms with Crippen LogP contribution in [-0.4, -0.2) is 115 Å². The molecule has 0 bridgehead atoms. The van der Waals surface area contributed by atoms with Gasteiger partial charge in [0.05, 0.1) is 24.2 Å². The fourth-order valence-corrected chi connectivity index (χ4v) is 9.57. The number of carboxylic acid groups (broad SMARTS) is 1. The number of imidazole rings is 1. The van der Waals surface area contributed by atoms with Crippen LogP contribution in [0.3, 0.4) is 0 Å². The molecule has 1 aliphatic heterocycles. The quantitative estimate of drug-likeness (QED) is 0.0362. The topological polar surface area (TPSA) is 332 Å². The first-order chi connectivity index (χ1) is 35.5. The lowest BCUT2D eigenvalue weighted by atomic mass is 9.83. The summed E-state index contributed by atoms with van der Waals surface area (Å²) in [5.41, 5.74) is 8.06. The number of H-pyrrole nitrogens is 2. The number of aromatic nitrogens is 3. The molecular formula is C54H74N10O10. The summed E-state index contributed by atoms with van der Waals surface area (Å²) < 4.78 is 0. The van der Waals surface area contributed by atoms with E-state index < -0.39 is 89.8 Å². The number of nitrogens with one attached hydrogen (secondary N) is 8. The summed E-state index contributed by atoms with van der Waals surface area (Å²) in [6.07, 6.45) is 5.87. The number of fused-ring (bicyclic) bond motifs is 1. The molecule has 74 heavy (non-hydrogen) atoms. The number of Topliss-reactive ketones (excluding diaryl/α,β-unsaturated/α-hetero) is 3. The van der Waals surface area contributed by atoms with Crippen LogP contribution in [0.25, 0.3) is 10.9 Å². The number of nitrogens with two attached hydrogens (primary N) is 1. The molecule has 0 spiro atoms. The Morgan fingerprint density at radius 2 is 1.50 bits per heavy atom. The number of unbranched alkanes of at least 4 members (excludes halogenated alkanes) is 1. The summed E-state index contributed by atoms with van der Waals surface area (Å²) in [6, 6.07) is 11.0. The van der Waals surface area contributed by atoms with Gasteiger partial charge in [-0.3, -0.25) is 34.2 Å². The number of aliphatic carboxylic acids is 1. The van der Waals surface area contributed by atoms with Crippen molar-refractivity contribution in [3.63, 3.8) is 0 Å². The number of aliphatic hydroxyl groups is 1. The first-order valence-electron chi connectivity index (χ1n) is 25.8. The number of carboxylic acids is 1. The van der Waals surface area contributed by atoms with E-state index in [2.05, 4.69) is 41.5 Å². The molecule has 1 saturated heterocycles. The maximum absolute atomic E-state index is 14.8. The predicted molar refractivity (Wildman–Crippen MR) is 277 cm³/mol. The maximum Gasteiger partial charge on any atom is 0.326 e. The van der Waals surface area contributed by atoms with Gasteiger partial charge >= 0.3 is 5.97 Å². The number of amides is 4. The van der Waals surface area contributed by atoms with E-state index >= 15 is 0 Å². The summed E-state index contributed by atoms with van der Waals surface area (Å²) in [7, 11) is 0. The summed E-state index contributed by atoms with van der Waals surface area (Å²) in [4.78, 5) is 122. The Balaban J connectivity index is 1.55. The molecule has 0 aliphatic carbocycles. The average molecular weight is 1020 g/mol. The Morgan fingerprint density at radius 3 is 2.19 bits per heavy atom. The van der Waals surface area contributed by atoms with E-state index in [-0.39, 0.29) is 88.3 Å². The van der Waals surface area contributed by atoms with Crippen molar-refractivity contribution in [1.29, 1.82) is 5.41 Å². The van der Waals surface area contributed by atoms with Crippen molar-refractivity contribution in [2.45, 2.75) is 153 Å². The second kappa shape index (κ2) is 29.5. The second-order valence-corrected chi connectivity index (χ2v) is 19.6. The van der Waals surface area contributed by atoms with Crippen LogP contribution in [0.4, 0.5) is 0 Å². The highest BCUT2D eigenvalue weighted by atomic mass is 16.4. The van der Waals surface area contributed by atoms with Gasteiger partial charge in [0.15, 0.2) is 11.7 Å². The minimum Gasteiger partial charge on any atom is -0.480 e. The number of ketones is 3. The smallest absolute Gasteiger partial charge is 0.326 e. The minimum atomic E-state index is -1.36. The first-order valence-corrected chi connectivity index (χ1v) is 25.8. The van der Waals surface area contributed by atoms with Gasteiger partial charge in [0.1, 0.15) is 29.7 Å². The van der Waals surface area contributed by atoms with Crippen LogP contribution in [-0.2, 0) is 57.6 Å². The molecule has 20 nitrogen and oxygen atoms in total. The van der Waals surface area contributed by atoms with Crippen molar-refractivity contribution in [1.82, 2.24) is 41.5 Å². The largest absolute Gasteiger partial charge is 0.480 e. The Hall–Kier alpha value is -7.22. The molecule has 400 valence electrons. The van der Waals surface area contributed by atoms with Crippen LogP contribution in [0.1, 0.15) is 121 Å². The number of para-hydroxylation sites is 1. The number of hydrogen-bond donors (Lipinski definition) is 11. The van der Waals surface area contributed by atoms with Crippen LogP contribution < -0.4 is 32.3 Å². The standard InChI is InChI=1S/C54H74N10O10/c1-3-4-16-35(23-33(2)65)47(67)28-37-25-40(66)18-9-6-10-21-43(53(73)74)61-51(71)45(26-38-30-59-42-20-12-11-19-41(38)42)63-49(69)36(17-13-22-58-54(55)56)27-48(68)44(24-34-14-7-5-8-15-34)62-52(72)46(64-50(37)70)29-39-31-57-32-60-39/h5,7-8,11-12,14-15,19-20,30-32,35-37,43-47,59,67H,3-4,6,9-10,13,16-18,21-29H2,1-2H3,(H,57,60)(H,61,71)(H,62,72)(H,63,69)(H,64,70)(H,73,74)(H4,55,56,58)/t35-,36-,37-,43+,44-,45+,46?,47?/m1/s1. The van der Waals surface area contributed by atoms with Crippen LogP contribution in [0.15, 0.2) is 73.3 Å². The van der Waals surface area contributed by atoms with Crippen molar-refractivity contribution in [2.75, 3.05) is 6.54 Å². The summed E-state index contributed by atoms with van der Waals surface area (Å²) in [6.45, 7) is 3.59. The lowest BCUT2D eigenvalue weighted by Crippen LogP contribution is -2.55. The maximum atomic E-state index is 14.8. The molecule has 4 aromatic rings. The van der Waals surface area contributed by atoms with Gasteiger partial charge in [0.2, 0.25) is 23.6 Å². The zero-order chi connectivity index (χ0) is 53.6. The fourth-order valence-electron chi connectivity index (χ4n) is 9.57. The number of rotatable bonds is 19. The lowest BCUT2D eigenvalue weighted by molar-refractivity contribution is -0.142. The van der Waals surface area contributed by atoms with Crippen molar-refractivity contribution >= 4 is 63.8 Å². The molecular weight excluding hydrogens is 949 g/mol. The first kappa shape index (κ1) is 57.7. The van der Waals surface area contributed by atoms with Gasteiger partial charge in [0, 0.05) is 80.2 Å². The van der Waals surface area contributed by atoms with Crippen molar-refractivity contribution in [2.24, 2.45) is 23.5 Å². The number of aliphatic hydroxyl groups excluding tert-OH is 1. The van der Waals surface area contributed by atoms with Crippen LogP contribution in [0.2, 0.25) is 0 Å². The van der Waals surface area contributed by atoms with Crippen LogP contribution >= 0.6 is 0 Å². The molecule has 1 fully saturated rings. The minimum absolute atomic E-state index is 0.00294. The molecule has 8 atom stereocenters. The SMILES string of the molecule is CCCC[C@H](CC(C)=O)C(O)C[C@H]1CC(=O)CCCCC[C@@H](C(=O)O)NC(=O)[C@H](Cc2c[nH]c3ccccc23)NC(=O)[C@H](CCCNC(=N)N)CC(=O)[C@@H](Cc2ccccc2)NC(=O)C(Cc2c[nH]cn2)NC1=O. The fraction of sp³-hybridized carbons (Fsp3) is 0.519. The molecule has 3 heterocycles. The average Bonchev–Trinajstić information content (AvgIpc) is 4.04. The third kappa shape index (κ3) is 18.7. The third-order valence-electron chi connectivity index (χ3n) is 13.6. The van der Waals surface area contributed by atoms with E-state index in [4.69, 9.17) is 11.1 Å². The molecule has 4 amide bonds. The molecule has 2 aromatic heterocycles. The highest BCUT2D eigenvalue weighted by molar-refractivity contribution is 5.97. The Kier molecular flexibility index (Phi) is 23.0. The van der Waals surface area contributed by atoms with Gasteiger partial charge in [-0.15, -0.1) is 0 Å². The zero-order valence-corrected chi connectivity index (χ0v) is 42.5. The summed E-state index contributed by atoms with van der Waals surface area (Å²) in [5.74, 6) is -8.22. The number of benzene rings is 2. The second-order valence-electron chi connectivity index (χ2n) is 19.6. The number of carbonyl (C=O) groups is 8. The molecule has 12 N–H and O–H groups in total. The van der Waals surface area contributed by atoms with E-state index in [1.54, 1.807) is 42.7 Å². The number of nitrogens with zero attached hydrogens (tertiary/aromatic N) is 1. The lowest BCUT2D eigenvalue weighted by Gasteiger charge is -2.28. The summed E-state index contributed by atoms with van der Waals surface area (Å²) in [5, 5.41) is 44.2. The monoisotopic (exact) mass is 1020 g/mol. The molecule has 2 aromatic carbocycles. The van der Waals surface area contributed by atoms with Gasteiger partial charge in [-0.2, -0.15) is 0 Å². The predicted octanol–water partition coefficient (Wildman–Crippen LogP) is 3.86. The molecule has 0 saturated carbocycles. The van der Waals surface area contributed by atoms with Gasteiger partial charge in [-0.25, -0.2) is 9.78 Å². The Morgan fingerprint density at radius 1 is 0.811 bits per heavy atom. The van der Waals surface area contributed by atoms with Crippen LogP contribution in [0, 0.1) is 23.2 Å². The van der Waals surface area contributed by atoms with E-state index in [9.17, 15) is 48.6 Å². The molecule has 20 heteroatoms. The molecule has 5 rings (SSSR count). The van der Waals surface area contributed by atoms with Gasteiger partial charge in [-0.1, -0.05) is 81.1 Å². The van der Waals surface area contributed by atoms with E-state index in [1.807, 2.05) is 31.2 Å². The van der Waals surface area contributed by atoms with E-state index in [0.717, 1.165) is 23.7 Å². The summed E-state index contributed by atoms with van der Waals surface area (Å²) >= 11 is 0. The third-order valence-corrected chi connectivity index (χ3v) is 13.6. The highest BCUT2D eigenvalue weighted by Crippen LogP contribution is 2.26.